The predicted molar refractivity (Wildman–Crippen MR) is 78.0 cm³/mol. The van der Waals surface area contributed by atoms with E-state index in [1.165, 1.54) is 29.7 Å². The van der Waals surface area contributed by atoms with Crippen molar-refractivity contribution in [2.45, 2.75) is 25.3 Å². The molecular weight excluding hydrogens is 256 g/mol. The minimum absolute atomic E-state index is 0.117. The van der Waals surface area contributed by atoms with Gasteiger partial charge in [-0.15, -0.1) is 11.3 Å². The van der Waals surface area contributed by atoms with Gasteiger partial charge < -0.3 is 10.1 Å². The molecule has 0 aliphatic heterocycles. The summed E-state index contributed by atoms with van der Waals surface area (Å²) >= 11 is 1.91. The number of methoxy groups -OCH3 is 1. The summed E-state index contributed by atoms with van der Waals surface area (Å²) in [6.45, 7) is 0. The van der Waals surface area contributed by atoms with Gasteiger partial charge in [-0.2, -0.15) is 0 Å². The summed E-state index contributed by atoms with van der Waals surface area (Å²) in [5.41, 5.74) is 2.49. The average Bonchev–Trinajstić information content (AvgIpc) is 3.01. The van der Waals surface area contributed by atoms with Crippen molar-refractivity contribution in [1.29, 1.82) is 0 Å². The molecule has 0 saturated carbocycles. The van der Waals surface area contributed by atoms with Crippen LogP contribution >= 0.6 is 11.3 Å². The van der Waals surface area contributed by atoms with Crippen LogP contribution in [0.4, 0.5) is 0 Å². The number of hydrogen-bond acceptors (Lipinski definition) is 4. The molecule has 0 spiro atoms. The molecule has 1 aliphatic carbocycles. The van der Waals surface area contributed by atoms with Crippen LogP contribution < -0.4 is 10.1 Å². The van der Waals surface area contributed by atoms with Gasteiger partial charge in [0.15, 0.2) is 0 Å². The van der Waals surface area contributed by atoms with E-state index in [2.05, 4.69) is 16.4 Å². The van der Waals surface area contributed by atoms with Crippen molar-refractivity contribution in [3.05, 3.63) is 45.4 Å². The number of nitrogens with zero attached hydrogens (tertiary/aromatic N) is 1. The first-order chi connectivity index (χ1) is 9.33. The molecule has 2 aromatic heterocycles. The molecule has 1 N–H and O–H groups in total. The van der Waals surface area contributed by atoms with Gasteiger partial charge in [0.1, 0.15) is 11.4 Å². The van der Waals surface area contributed by atoms with Gasteiger partial charge in [0.05, 0.1) is 13.2 Å². The molecule has 1 aliphatic rings. The molecule has 2 aromatic rings. The number of nitrogens with one attached hydrogen (secondary N) is 1. The van der Waals surface area contributed by atoms with Crippen LogP contribution in [0, 0.1) is 0 Å². The zero-order valence-corrected chi connectivity index (χ0v) is 12.1. The Kier molecular flexibility index (Phi) is 3.53. The second-order valence-electron chi connectivity index (χ2n) is 4.76. The Hall–Kier alpha value is -1.39. The monoisotopic (exact) mass is 274 g/mol. The quantitative estimate of drug-likeness (QED) is 0.930. The number of pyridine rings is 1. The van der Waals surface area contributed by atoms with Gasteiger partial charge >= 0.3 is 0 Å². The normalized spacial score (nSPS) is 15.3. The minimum atomic E-state index is 0.117. The fourth-order valence-electron chi connectivity index (χ4n) is 2.70. The molecule has 0 radical (unpaired) electrons. The van der Waals surface area contributed by atoms with Gasteiger partial charge in [-0.05, 0) is 50.1 Å². The molecule has 0 aromatic carbocycles. The van der Waals surface area contributed by atoms with Crippen LogP contribution in [-0.2, 0) is 12.8 Å². The van der Waals surface area contributed by atoms with Crippen LogP contribution in [0.1, 0.15) is 33.5 Å². The Labute approximate surface area is 117 Å². The summed E-state index contributed by atoms with van der Waals surface area (Å²) in [7, 11) is 3.67. The first-order valence-electron chi connectivity index (χ1n) is 6.61. The van der Waals surface area contributed by atoms with Gasteiger partial charge in [0.2, 0.25) is 0 Å². The van der Waals surface area contributed by atoms with Crippen LogP contribution in [0.2, 0.25) is 0 Å². The maximum Gasteiger partial charge on any atom is 0.142 e. The van der Waals surface area contributed by atoms with Crippen molar-refractivity contribution in [2.75, 3.05) is 14.2 Å². The predicted octanol–water partition coefficient (Wildman–Crippen LogP) is 2.95. The van der Waals surface area contributed by atoms with Crippen LogP contribution in [0.5, 0.6) is 5.75 Å². The van der Waals surface area contributed by atoms with E-state index in [9.17, 15) is 0 Å². The number of hydrogen-bond donors (Lipinski definition) is 1. The molecule has 3 rings (SSSR count). The van der Waals surface area contributed by atoms with E-state index < -0.39 is 0 Å². The van der Waals surface area contributed by atoms with Gasteiger partial charge in [0.25, 0.3) is 0 Å². The Morgan fingerprint density at radius 2 is 2.32 bits per heavy atom. The first kappa shape index (κ1) is 12.6. The van der Waals surface area contributed by atoms with E-state index in [4.69, 9.17) is 4.74 Å². The Balaban J connectivity index is 1.99. The van der Waals surface area contributed by atoms with Crippen LogP contribution in [-0.4, -0.2) is 19.1 Å². The number of aryl methyl sites for hydroxylation is 2. The van der Waals surface area contributed by atoms with E-state index in [1.54, 1.807) is 12.0 Å². The minimum Gasteiger partial charge on any atom is -0.495 e. The highest BCUT2D eigenvalue weighted by atomic mass is 32.1. The largest absolute Gasteiger partial charge is 0.495 e. The molecule has 2 heterocycles. The van der Waals surface area contributed by atoms with Crippen molar-refractivity contribution in [3.8, 4) is 5.75 Å². The van der Waals surface area contributed by atoms with Crippen LogP contribution in [0.25, 0.3) is 0 Å². The summed E-state index contributed by atoms with van der Waals surface area (Å²) in [5.74, 6) is 0.843. The lowest BCUT2D eigenvalue weighted by molar-refractivity contribution is 0.402. The van der Waals surface area contributed by atoms with Gasteiger partial charge in [-0.1, -0.05) is 0 Å². The lowest BCUT2D eigenvalue weighted by Crippen LogP contribution is -2.18. The number of ether oxygens (including phenoxy) is 1. The molecular formula is C15H18N2OS. The zero-order valence-electron chi connectivity index (χ0n) is 11.3. The van der Waals surface area contributed by atoms with Gasteiger partial charge in [0, 0.05) is 16.0 Å². The Morgan fingerprint density at radius 1 is 1.42 bits per heavy atom. The fraction of sp³-hybridized carbons (Fsp3) is 0.400. The lowest BCUT2D eigenvalue weighted by atomic mass is 10.1. The molecule has 0 saturated heterocycles. The molecule has 100 valence electrons. The lowest BCUT2D eigenvalue weighted by Gasteiger charge is -2.16. The van der Waals surface area contributed by atoms with E-state index >= 15 is 0 Å². The van der Waals surface area contributed by atoms with E-state index in [0.717, 1.165) is 11.4 Å². The number of fused-ring (bicyclic) bond motifs is 1. The summed E-state index contributed by atoms with van der Waals surface area (Å²) in [6, 6.07) is 6.33. The van der Waals surface area contributed by atoms with Crippen LogP contribution in [0.15, 0.2) is 24.4 Å². The second kappa shape index (κ2) is 5.31. The third kappa shape index (κ3) is 2.26. The number of aromatic nitrogens is 1. The molecule has 3 nitrogen and oxygen atoms in total. The van der Waals surface area contributed by atoms with E-state index in [0.29, 0.717) is 0 Å². The Morgan fingerprint density at radius 3 is 3.05 bits per heavy atom. The number of thiophene rings is 1. The number of rotatable bonds is 4. The first-order valence-corrected chi connectivity index (χ1v) is 7.42. The molecule has 1 unspecified atom stereocenters. The van der Waals surface area contributed by atoms with Gasteiger partial charge in [-0.3, -0.25) is 4.98 Å². The molecule has 4 heteroatoms. The maximum absolute atomic E-state index is 5.43. The molecule has 0 amide bonds. The van der Waals surface area contributed by atoms with E-state index in [1.807, 2.05) is 36.7 Å². The standard InChI is InChI=1S/C15H18N2OS/c1-16-15(14-11(18-2)6-4-8-17-14)13-9-10-5-3-7-12(10)19-13/h4,6,8-9,15-16H,3,5,7H2,1-2H3. The highest BCUT2D eigenvalue weighted by Gasteiger charge is 2.23. The zero-order chi connectivity index (χ0) is 13.2. The maximum atomic E-state index is 5.43. The fourth-order valence-corrected chi connectivity index (χ4v) is 4.07. The van der Waals surface area contributed by atoms with Crippen molar-refractivity contribution in [1.82, 2.24) is 10.3 Å². The summed E-state index contributed by atoms with van der Waals surface area (Å²) in [5, 5.41) is 3.37. The van der Waals surface area contributed by atoms with Crippen molar-refractivity contribution < 1.29 is 4.74 Å². The summed E-state index contributed by atoms with van der Waals surface area (Å²) in [6.07, 6.45) is 5.58. The topological polar surface area (TPSA) is 34.2 Å². The smallest absolute Gasteiger partial charge is 0.142 e. The third-order valence-corrected chi connectivity index (χ3v) is 4.93. The summed E-state index contributed by atoms with van der Waals surface area (Å²) < 4.78 is 5.43. The SMILES string of the molecule is CNC(c1cc2c(s1)CCC2)c1ncccc1OC. The van der Waals surface area contributed by atoms with Crippen molar-refractivity contribution in [3.63, 3.8) is 0 Å². The second-order valence-corrected chi connectivity index (χ2v) is 5.93. The molecule has 0 bridgehead atoms. The third-order valence-electron chi connectivity index (χ3n) is 3.63. The Bertz CT molecular complexity index is 558. The average molecular weight is 274 g/mol. The van der Waals surface area contributed by atoms with Crippen molar-refractivity contribution in [2.24, 2.45) is 0 Å². The molecule has 19 heavy (non-hydrogen) atoms. The van der Waals surface area contributed by atoms with Crippen LogP contribution in [0.3, 0.4) is 0 Å². The highest BCUT2D eigenvalue weighted by Crippen LogP contribution is 2.37. The van der Waals surface area contributed by atoms with Crippen molar-refractivity contribution >= 4 is 11.3 Å². The van der Waals surface area contributed by atoms with Gasteiger partial charge in [-0.25, -0.2) is 0 Å². The highest BCUT2D eigenvalue weighted by molar-refractivity contribution is 7.12. The summed E-state index contributed by atoms with van der Waals surface area (Å²) in [4.78, 5) is 7.38. The molecule has 0 fully saturated rings. The van der Waals surface area contributed by atoms with E-state index in [-0.39, 0.29) is 6.04 Å². The molecule has 1 atom stereocenters.